The van der Waals surface area contributed by atoms with Crippen LogP contribution in [0.1, 0.15) is 17.3 Å². The van der Waals surface area contributed by atoms with Crippen LogP contribution in [-0.2, 0) is 10.0 Å². The molecular formula is C18H19BrFN3O4S. The van der Waals surface area contributed by atoms with Gasteiger partial charge in [0.15, 0.2) is 0 Å². The Hall–Kier alpha value is -2.04. The lowest BCUT2D eigenvalue weighted by Crippen LogP contribution is -2.50. The zero-order valence-electron chi connectivity index (χ0n) is 15.1. The minimum absolute atomic E-state index is 0.0358. The summed E-state index contributed by atoms with van der Waals surface area (Å²) < 4.78 is 44.7. The molecule has 150 valence electrons. The van der Waals surface area contributed by atoms with Crippen molar-refractivity contribution in [1.29, 1.82) is 0 Å². The number of pyridine rings is 1. The first-order valence-electron chi connectivity index (χ1n) is 8.67. The number of benzene rings is 1. The normalized spacial score (nSPS) is 15.5. The fourth-order valence-electron chi connectivity index (χ4n) is 2.82. The first-order valence-corrected chi connectivity index (χ1v) is 11.1. The number of carbonyl (C=O) groups excluding carboxylic acids is 1. The first-order chi connectivity index (χ1) is 13.3. The van der Waals surface area contributed by atoms with Crippen LogP contribution in [0.5, 0.6) is 11.6 Å². The van der Waals surface area contributed by atoms with Crippen LogP contribution in [0.4, 0.5) is 4.39 Å². The Morgan fingerprint density at radius 1 is 1.25 bits per heavy atom. The molecule has 7 nitrogen and oxygen atoms in total. The number of aromatic nitrogens is 1. The van der Waals surface area contributed by atoms with Crippen LogP contribution in [0.25, 0.3) is 0 Å². The molecule has 0 saturated carbocycles. The number of piperazine rings is 1. The van der Waals surface area contributed by atoms with Crippen LogP contribution in [0.15, 0.2) is 41.0 Å². The topological polar surface area (TPSA) is 79.8 Å². The fraction of sp³-hybridized carbons (Fsp3) is 0.333. The molecule has 0 unspecified atom stereocenters. The average molecular weight is 472 g/mol. The highest BCUT2D eigenvalue weighted by molar-refractivity contribution is 9.10. The van der Waals surface area contributed by atoms with E-state index in [1.807, 2.05) is 0 Å². The molecule has 1 aromatic heterocycles. The third kappa shape index (κ3) is 4.50. The summed E-state index contributed by atoms with van der Waals surface area (Å²) in [5.41, 5.74) is 0.255. The monoisotopic (exact) mass is 471 g/mol. The lowest BCUT2D eigenvalue weighted by molar-refractivity contribution is 0.0694. The smallest absolute Gasteiger partial charge is 0.259 e. The SMILES string of the molecule is CCS(=O)(=O)N1CCN(C(=O)c2cccnc2Oc2ccc(F)cc2Br)CC1. The Morgan fingerprint density at radius 2 is 1.96 bits per heavy atom. The second-order valence-corrected chi connectivity index (χ2v) is 9.24. The maximum absolute atomic E-state index is 13.3. The third-order valence-electron chi connectivity index (χ3n) is 4.39. The van der Waals surface area contributed by atoms with E-state index in [1.54, 1.807) is 24.0 Å². The Balaban J connectivity index is 1.77. The van der Waals surface area contributed by atoms with Gasteiger partial charge >= 0.3 is 0 Å². The van der Waals surface area contributed by atoms with Crippen molar-refractivity contribution in [1.82, 2.24) is 14.2 Å². The summed E-state index contributed by atoms with van der Waals surface area (Å²) in [6.07, 6.45) is 1.50. The van der Waals surface area contributed by atoms with Crippen molar-refractivity contribution in [3.63, 3.8) is 0 Å². The van der Waals surface area contributed by atoms with E-state index < -0.39 is 15.8 Å². The molecule has 1 aromatic carbocycles. The minimum atomic E-state index is -3.27. The molecule has 0 N–H and O–H groups in total. The number of sulfonamides is 1. The maximum Gasteiger partial charge on any atom is 0.259 e. The summed E-state index contributed by atoms with van der Waals surface area (Å²) in [5.74, 6) is -0.253. The first kappa shape index (κ1) is 20.7. The average Bonchev–Trinajstić information content (AvgIpc) is 2.70. The Labute approximate surface area is 171 Å². The molecule has 2 heterocycles. The van der Waals surface area contributed by atoms with Crippen molar-refractivity contribution < 1.29 is 22.3 Å². The Kier molecular flexibility index (Phi) is 6.31. The molecule has 1 aliphatic rings. The predicted octanol–water partition coefficient (Wildman–Crippen LogP) is 2.88. The van der Waals surface area contributed by atoms with Gasteiger partial charge in [-0.15, -0.1) is 0 Å². The van der Waals surface area contributed by atoms with Gasteiger partial charge in [0.05, 0.1) is 10.2 Å². The van der Waals surface area contributed by atoms with Gasteiger partial charge in [-0.3, -0.25) is 4.79 Å². The third-order valence-corrected chi connectivity index (χ3v) is 6.89. The van der Waals surface area contributed by atoms with E-state index >= 15 is 0 Å². The van der Waals surface area contributed by atoms with E-state index in [9.17, 15) is 17.6 Å². The molecular weight excluding hydrogens is 453 g/mol. The van der Waals surface area contributed by atoms with Gasteiger partial charge in [0.25, 0.3) is 5.91 Å². The Morgan fingerprint density at radius 3 is 2.61 bits per heavy atom. The van der Waals surface area contributed by atoms with E-state index in [-0.39, 0.29) is 49.3 Å². The maximum atomic E-state index is 13.3. The zero-order chi connectivity index (χ0) is 20.3. The largest absolute Gasteiger partial charge is 0.437 e. The second kappa shape index (κ2) is 8.54. The minimum Gasteiger partial charge on any atom is -0.437 e. The molecule has 0 atom stereocenters. The van der Waals surface area contributed by atoms with Gasteiger partial charge in [-0.2, -0.15) is 4.31 Å². The van der Waals surface area contributed by atoms with Gasteiger partial charge in [0, 0.05) is 32.4 Å². The summed E-state index contributed by atoms with van der Waals surface area (Å²) in [6, 6.07) is 7.16. The number of carbonyl (C=O) groups is 1. The summed E-state index contributed by atoms with van der Waals surface area (Å²) in [4.78, 5) is 18.6. The molecule has 1 aliphatic heterocycles. The van der Waals surface area contributed by atoms with Crippen molar-refractivity contribution in [3.8, 4) is 11.6 Å². The molecule has 0 bridgehead atoms. The van der Waals surface area contributed by atoms with Crippen molar-refractivity contribution in [2.45, 2.75) is 6.92 Å². The van der Waals surface area contributed by atoms with Crippen LogP contribution in [0.3, 0.4) is 0 Å². The van der Waals surface area contributed by atoms with Gasteiger partial charge in [-0.25, -0.2) is 17.8 Å². The van der Waals surface area contributed by atoms with Crippen LogP contribution in [-0.4, -0.2) is 60.4 Å². The van der Waals surface area contributed by atoms with Gasteiger partial charge in [-0.05, 0) is 53.2 Å². The summed E-state index contributed by atoms with van der Waals surface area (Å²) in [5, 5.41) is 0. The summed E-state index contributed by atoms with van der Waals surface area (Å²) in [6.45, 7) is 2.67. The van der Waals surface area contributed by atoms with E-state index in [1.165, 1.54) is 28.7 Å². The molecule has 1 saturated heterocycles. The molecule has 0 radical (unpaired) electrons. The number of nitrogens with zero attached hydrogens (tertiary/aromatic N) is 3. The molecule has 1 fully saturated rings. The molecule has 0 aliphatic carbocycles. The van der Waals surface area contributed by atoms with Gasteiger partial charge in [-0.1, -0.05) is 0 Å². The van der Waals surface area contributed by atoms with Crippen LogP contribution in [0.2, 0.25) is 0 Å². The highest BCUT2D eigenvalue weighted by Gasteiger charge is 2.29. The molecule has 1 amide bonds. The van der Waals surface area contributed by atoms with Crippen molar-refractivity contribution in [2.75, 3.05) is 31.9 Å². The number of ether oxygens (including phenoxy) is 1. The van der Waals surface area contributed by atoms with E-state index in [0.717, 1.165) is 0 Å². The van der Waals surface area contributed by atoms with Gasteiger partial charge in [0.1, 0.15) is 17.1 Å². The lowest BCUT2D eigenvalue weighted by Gasteiger charge is -2.34. The number of amides is 1. The van der Waals surface area contributed by atoms with E-state index in [4.69, 9.17) is 4.74 Å². The zero-order valence-corrected chi connectivity index (χ0v) is 17.5. The van der Waals surface area contributed by atoms with Crippen molar-refractivity contribution >= 4 is 31.9 Å². The van der Waals surface area contributed by atoms with Crippen molar-refractivity contribution in [3.05, 3.63) is 52.4 Å². The number of hydrogen-bond acceptors (Lipinski definition) is 5. The molecule has 28 heavy (non-hydrogen) atoms. The summed E-state index contributed by atoms with van der Waals surface area (Å²) >= 11 is 3.22. The molecule has 3 rings (SSSR count). The van der Waals surface area contributed by atoms with Crippen LogP contribution < -0.4 is 4.74 Å². The lowest BCUT2D eigenvalue weighted by atomic mass is 10.2. The van der Waals surface area contributed by atoms with Crippen molar-refractivity contribution in [2.24, 2.45) is 0 Å². The Bertz CT molecular complexity index is 979. The van der Waals surface area contributed by atoms with E-state index in [2.05, 4.69) is 20.9 Å². The number of halogens is 2. The van der Waals surface area contributed by atoms with Gasteiger partial charge in [0.2, 0.25) is 15.9 Å². The summed E-state index contributed by atoms with van der Waals surface area (Å²) in [7, 11) is -3.27. The van der Waals surface area contributed by atoms with Crippen LogP contribution in [0, 0.1) is 5.82 Å². The quantitative estimate of drug-likeness (QED) is 0.669. The van der Waals surface area contributed by atoms with Gasteiger partial charge < -0.3 is 9.64 Å². The molecule has 10 heteroatoms. The molecule has 0 spiro atoms. The number of hydrogen-bond donors (Lipinski definition) is 0. The second-order valence-electron chi connectivity index (χ2n) is 6.12. The van der Waals surface area contributed by atoms with Crippen LogP contribution >= 0.6 is 15.9 Å². The predicted molar refractivity (Wildman–Crippen MR) is 105 cm³/mol. The van der Waals surface area contributed by atoms with E-state index in [0.29, 0.717) is 10.2 Å². The highest BCUT2D eigenvalue weighted by atomic mass is 79.9. The highest BCUT2D eigenvalue weighted by Crippen LogP contribution is 2.31. The molecule has 2 aromatic rings. The standard InChI is InChI=1S/C18H19BrFN3O4S/c1-2-28(25,26)23-10-8-22(9-11-23)18(24)14-4-3-7-21-17(14)27-16-6-5-13(20)12-15(16)19/h3-7,12H,2,8-11H2,1H3. The number of rotatable bonds is 5. The fourth-order valence-corrected chi connectivity index (χ4v) is 4.34.